The van der Waals surface area contributed by atoms with Gasteiger partial charge in [0.25, 0.3) is 5.91 Å². The number of rotatable bonds is 7. The van der Waals surface area contributed by atoms with Crippen molar-refractivity contribution in [3.05, 3.63) is 29.8 Å². The molecule has 1 saturated heterocycles. The molecule has 1 atom stereocenters. The Morgan fingerprint density at radius 1 is 1.27 bits per heavy atom. The molecule has 142 valence electrons. The Hall–Kier alpha value is -2.02. The van der Waals surface area contributed by atoms with Crippen LogP contribution in [0.3, 0.4) is 0 Å². The van der Waals surface area contributed by atoms with E-state index in [9.17, 15) is 14.4 Å². The van der Waals surface area contributed by atoms with Crippen LogP contribution in [0.4, 0.5) is 0 Å². The monoisotopic (exact) mass is 378 g/mol. The average molecular weight is 378 g/mol. The number of thioether (sulfide) groups is 1. The molecule has 0 bridgehead atoms. The summed E-state index contributed by atoms with van der Waals surface area (Å²) in [6, 6.07) is 7.10. The molecule has 1 aromatic carbocycles. The minimum Gasteiger partial charge on any atom is -0.480 e. The number of nitrogens with zero attached hydrogens (tertiary/aromatic N) is 1. The van der Waals surface area contributed by atoms with Crippen molar-refractivity contribution in [1.82, 2.24) is 10.2 Å². The van der Waals surface area contributed by atoms with Gasteiger partial charge in [0.15, 0.2) is 0 Å². The average Bonchev–Trinajstić information content (AvgIpc) is 2.66. The van der Waals surface area contributed by atoms with Gasteiger partial charge in [-0.15, -0.1) is 11.8 Å². The van der Waals surface area contributed by atoms with Crippen LogP contribution in [0.1, 0.15) is 43.5 Å². The molecule has 2 N–H and O–H groups in total. The lowest BCUT2D eigenvalue weighted by Gasteiger charge is -2.32. The summed E-state index contributed by atoms with van der Waals surface area (Å²) in [4.78, 5) is 38.5. The van der Waals surface area contributed by atoms with E-state index in [1.807, 2.05) is 6.92 Å². The molecular formula is C19H26N2O4S. The van der Waals surface area contributed by atoms with Crippen LogP contribution >= 0.6 is 11.8 Å². The van der Waals surface area contributed by atoms with E-state index in [0.717, 1.165) is 6.42 Å². The van der Waals surface area contributed by atoms with Crippen LogP contribution in [0.5, 0.6) is 0 Å². The third-order valence-electron chi connectivity index (χ3n) is 4.47. The molecule has 0 aromatic heterocycles. The number of aliphatic carboxylic acids is 1. The second-order valence-electron chi connectivity index (χ2n) is 6.45. The van der Waals surface area contributed by atoms with Crippen LogP contribution in [0.25, 0.3) is 0 Å². The Morgan fingerprint density at radius 3 is 2.54 bits per heavy atom. The molecule has 1 aliphatic heterocycles. The van der Waals surface area contributed by atoms with Gasteiger partial charge in [-0.05, 0) is 38.3 Å². The molecular weight excluding hydrogens is 352 g/mol. The van der Waals surface area contributed by atoms with Crippen molar-refractivity contribution in [2.24, 2.45) is 5.92 Å². The van der Waals surface area contributed by atoms with Crippen molar-refractivity contribution in [2.45, 2.75) is 43.3 Å². The highest BCUT2D eigenvalue weighted by Gasteiger charge is 2.29. The van der Waals surface area contributed by atoms with Crippen molar-refractivity contribution in [3.8, 4) is 0 Å². The van der Waals surface area contributed by atoms with E-state index >= 15 is 0 Å². The van der Waals surface area contributed by atoms with Gasteiger partial charge < -0.3 is 15.3 Å². The second kappa shape index (κ2) is 9.62. The van der Waals surface area contributed by atoms with Crippen LogP contribution in [0, 0.1) is 5.92 Å². The highest BCUT2D eigenvalue weighted by atomic mass is 32.2. The van der Waals surface area contributed by atoms with E-state index in [4.69, 9.17) is 5.11 Å². The largest absolute Gasteiger partial charge is 0.480 e. The number of hydrogen-bond donors (Lipinski definition) is 2. The standard InChI is InChI=1S/C19H26N2O4S/c1-3-10-20-17(22)14-8-11-21(12-9-14)18(23)15-6-4-5-7-16(15)26-13(2)19(24)25/h4-7,13-14H,3,8-12H2,1-2H3,(H,20,22)(H,24,25). The number of carbonyl (C=O) groups is 3. The highest BCUT2D eigenvalue weighted by molar-refractivity contribution is 8.00. The summed E-state index contributed by atoms with van der Waals surface area (Å²) < 4.78 is 0. The van der Waals surface area contributed by atoms with E-state index < -0.39 is 11.2 Å². The predicted molar refractivity (Wildman–Crippen MR) is 101 cm³/mol. The fourth-order valence-electron chi connectivity index (χ4n) is 2.89. The summed E-state index contributed by atoms with van der Waals surface area (Å²) in [6.07, 6.45) is 2.22. The lowest BCUT2D eigenvalue weighted by atomic mass is 9.95. The van der Waals surface area contributed by atoms with Crippen LogP contribution in [-0.2, 0) is 9.59 Å². The maximum Gasteiger partial charge on any atom is 0.316 e. The van der Waals surface area contributed by atoms with Crippen LogP contribution in [0.15, 0.2) is 29.2 Å². The summed E-state index contributed by atoms with van der Waals surface area (Å²) in [5, 5.41) is 11.4. The van der Waals surface area contributed by atoms with Crippen molar-refractivity contribution < 1.29 is 19.5 Å². The third-order valence-corrected chi connectivity index (χ3v) is 5.64. The number of carboxylic acids is 1. The normalized spacial score (nSPS) is 16.2. The number of carboxylic acid groups (broad SMARTS) is 1. The molecule has 1 heterocycles. The molecule has 1 fully saturated rings. The first-order valence-electron chi connectivity index (χ1n) is 8.99. The Morgan fingerprint density at radius 2 is 1.92 bits per heavy atom. The van der Waals surface area contributed by atoms with Gasteiger partial charge >= 0.3 is 5.97 Å². The van der Waals surface area contributed by atoms with Crippen molar-refractivity contribution >= 4 is 29.5 Å². The van der Waals surface area contributed by atoms with E-state index in [1.54, 1.807) is 36.1 Å². The molecule has 26 heavy (non-hydrogen) atoms. The first-order chi connectivity index (χ1) is 12.4. The number of likely N-dealkylation sites (tertiary alicyclic amines) is 1. The fraction of sp³-hybridized carbons (Fsp3) is 0.526. The smallest absolute Gasteiger partial charge is 0.316 e. The van der Waals surface area contributed by atoms with Crippen LogP contribution in [0.2, 0.25) is 0 Å². The molecule has 2 amide bonds. The molecule has 1 unspecified atom stereocenters. The fourth-order valence-corrected chi connectivity index (χ4v) is 3.82. The SMILES string of the molecule is CCCNC(=O)C1CCN(C(=O)c2ccccc2SC(C)C(=O)O)CC1. The number of hydrogen-bond acceptors (Lipinski definition) is 4. The third kappa shape index (κ3) is 5.24. The van der Waals surface area contributed by atoms with Gasteiger partial charge in [-0.25, -0.2) is 0 Å². The maximum atomic E-state index is 12.9. The molecule has 0 radical (unpaired) electrons. The summed E-state index contributed by atoms with van der Waals surface area (Å²) in [6.45, 7) is 5.38. The molecule has 2 rings (SSSR count). The number of piperidine rings is 1. The zero-order chi connectivity index (χ0) is 19.1. The summed E-state index contributed by atoms with van der Waals surface area (Å²) in [5.74, 6) is -0.971. The van der Waals surface area contributed by atoms with E-state index in [0.29, 0.717) is 42.9 Å². The Balaban J connectivity index is 2.00. The molecule has 6 nitrogen and oxygen atoms in total. The summed E-state index contributed by atoms with van der Waals surface area (Å²) >= 11 is 1.17. The molecule has 1 aromatic rings. The van der Waals surface area contributed by atoms with E-state index in [1.165, 1.54) is 11.8 Å². The zero-order valence-electron chi connectivity index (χ0n) is 15.2. The number of benzene rings is 1. The zero-order valence-corrected chi connectivity index (χ0v) is 16.1. The van der Waals surface area contributed by atoms with Crippen molar-refractivity contribution in [3.63, 3.8) is 0 Å². The first kappa shape index (κ1) is 20.3. The number of carbonyl (C=O) groups excluding carboxylic acids is 2. The minimum absolute atomic E-state index is 0.0396. The van der Waals surface area contributed by atoms with Gasteiger partial charge in [-0.2, -0.15) is 0 Å². The first-order valence-corrected chi connectivity index (χ1v) is 9.87. The predicted octanol–water partition coefficient (Wildman–Crippen LogP) is 2.63. The summed E-state index contributed by atoms with van der Waals surface area (Å²) in [5.41, 5.74) is 0.527. The topological polar surface area (TPSA) is 86.7 Å². The van der Waals surface area contributed by atoms with E-state index in [-0.39, 0.29) is 17.7 Å². The maximum absolute atomic E-state index is 12.9. The van der Waals surface area contributed by atoms with Gasteiger partial charge in [0.1, 0.15) is 5.25 Å². The molecule has 0 aliphatic carbocycles. The van der Waals surface area contributed by atoms with Crippen molar-refractivity contribution in [1.29, 1.82) is 0 Å². The molecule has 0 saturated carbocycles. The number of amides is 2. The Bertz CT molecular complexity index is 657. The van der Waals surface area contributed by atoms with Gasteiger partial charge in [-0.1, -0.05) is 19.1 Å². The quantitative estimate of drug-likeness (QED) is 0.712. The molecule has 1 aliphatic rings. The molecule has 0 spiro atoms. The molecule has 7 heteroatoms. The Labute approximate surface area is 158 Å². The van der Waals surface area contributed by atoms with E-state index in [2.05, 4.69) is 5.32 Å². The highest BCUT2D eigenvalue weighted by Crippen LogP contribution is 2.29. The minimum atomic E-state index is -0.906. The number of nitrogens with one attached hydrogen (secondary N) is 1. The summed E-state index contributed by atoms with van der Waals surface area (Å²) in [7, 11) is 0. The van der Waals surface area contributed by atoms with Crippen LogP contribution < -0.4 is 5.32 Å². The van der Waals surface area contributed by atoms with Gasteiger partial charge in [0.2, 0.25) is 5.91 Å². The lowest BCUT2D eigenvalue weighted by Crippen LogP contribution is -2.43. The van der Waals surface area contributed by atoms with Gasteiger partial charge in [0.05, 0.1) is 5.56 Å². The van der Waals surface area contributed by atoms with Crippen LogP contribution in [-0.4, -0.2) is 52.7 Å². The van der Waals surface area contributed by atoms with Crippen molar-refractivity contribution in [2.75, 3.05) is 19.6 Å². The van der Waals surface area contributed by atoms with Gasteiger partial charge in [-0.3, -0.25) is 14.4 Å². The Kier molecular flexibility index (Phi) is 7.50. The van der Waals surface area contributed by atoms with Gasteiger partial charge in [0, 0.05) is 30.4 Å². The second-order valence-corrected chi connectivity index (χ2v) is 7.83. The lowest BCUT2D eigenvalue weighted by molar-refractivity contribution is -0.136.